The predicted octanol–water partition coefficient (Wildman–Crippen LogP) is 1.89. The van der Waals surface area contributed by atoms with Gasteiger partial charge in [-0.15, -0.1) is 0 Å². The summed E-state index contributed by atoms with van der Waals surface area (Å²) in [5, 5.41) is 8.31. The Hall–Kier alpha value is -3.16. The molecule has 4 rings (SSSR count). The van der Waals surface area contributed by atoms with Crippen molar-refractivity contribution in [1.82, 2.24) is 24.4 Å². The lowest BCUT2D eigenvalue weighted by Crippen LogP contribution is -2.40. The van der Waals surface area contributed by atoms with E-state index in [0.717, 1.165) is 18.5 Å². The fraction of sp³-hybridized carbons (Fsp3) is 0.368. The predicted molar refractivity (Wildman–Crippen MR) is 97.9 cm³/mol. The number of aromatic nitrogens is 4. The first kappa shape index (κ1) is 17.3. The van der Waals surface area contributed by atoms with E-state index < -0.39 is 0 Å². The van der Waals surface area contributed by atoms with Crippen LogP contribution in [0, 0.1) is 6.92 Å². The van der Waals surface area contributed by atoms with Crippen LogP contribution in [-0.2, 0) is 7.05 Å². The summed E-state index contributed by atoms with van der Waals surface area (Å²) in [6.07, 6.45) is 1.71. The van der Waals surface area contributed by atoms with Crippen LogP contribution in [0.1, 0.15) is 40.8 Å². The first-order valence-corrected chi connectivity index (χ1v) is 8.98. The molecule has 0 N–H and O–H groups in total. The van der Waals surface area contributed by atoms with Gasteiger partial charge in [-0.3, -0.25) is 4.79 Å². The number of hydrogen-bond acceptors (Lipinski definition) is 5. The minimum Gasteiger partial charge on any atom is -0.361 e. The molecule has 1 saturated heterocycles. The molecular weight excluding hydrogens is 346 g/mol. The number of amides is 1. The molecule has 1 aliphatic rings. The van der Waals surface area contributed by atoms with Gasteiger partial charge in [0, 0.05) is 32.1 Å². The van der Waals surface area contributed by atoms with E-state index >= 15 is 0 Å². The Bertz CT molecular complexity index is 1020. The number of para-hydroxylation sites is 1. The summed E-state index contributed by atoms with van der Waals surface area (Å²) < 4.78 is 8.01. The maximum atomic E-state index is 12.7. The number of carbonyl (C=O) groups is 1. The number of rotatable bonds is 3. The average Bonchev–Trinajstić information content (AvgIpc) is 3.25. The molecule has 3 aromatic rings. The van der Waals surface area contributed by atoms with Gasteiger partial charge in [0.1, 0.15) is 11.6 Å². The van der Waals surface area contributed by atoms with Crippen LogP contribution >= 0.6 is 0 Å². The Morgan fingerprint density at radius 2 is 2.04 bits per heavy atom. The summed E-state index contributed by atoms with van der Waals surface area (Å²) in [5.74, 6) is 1.11. The van der Waals surface area contributed by atoms with Crippen molar-refractivity contribution < 1.29 is 9.32 Å². The maximum Gasteiger partial charge on any atom is 0.350 e. The van der Waals surface area contributed by atoms with Crippen LogP contribution in [0.25, 0.3) is 5.69 Å². The largest absolute Gasteiger partial charge is 0.361 e. The Balaban J connectivity index is 1.65. The Labute approximate surface area is 156 Å². The van der Waals surface area contributed by atoms with Gasteiger partial charge in [-0.05, 0) is 31.9 Å². The normalized spacial score (nSPS) is 17.3. The van der Waals surface area contributed by atoms with Crippen molar-refractivity contribution in [2.75, 3.05) is 13.1 Å². The van der Waals surface area contributed by atoms with E-state index in [1.807, 2.05) is 30.3 Å². The SMILES string of the molecule is Cc1cc(C(=O)N2CCC[C@@H](c3nn(C)c(=O)n3-c3ccccc3)C2)no1. The van der Waals surface area contributed by atoms with Crippen LogP contribution in [0.3, 0.4) is 0 Å². The molecule has 0 unspecified atom stereocenters. The molecule has 8 heteroatoms. The van der Waals surface area contributed by atoms with E-state index in [2.05, 4.69) is 10.3 Å². The van der Waals surface area contributed by atoms with Crippen molar-refractivity contribution >= 4 is 5.91 Å². The van der Waals surface area contributed by atoms with Gasteiger partial charge >= 0.3 is 5.69 Å². The second-order valence-corrected chi connectivity index (χ2v) is 6.85. The van der Waals surface area contributed by atoms with E-state index in [-0.39, 0.29) is 17.5 Å². The lowest BCUT2D eigenvalue weighted by Gasteiger charge is -2.31. The highest BCUT2D eigenvalue weighted by Crippen LogP contribution is 2.27. The molecule has 0 radical (unpaired) electrons. The molecule has 3 heterocycles. The monoisotopic (exact) mass is 367 g/mol. The van der Waals surface area contributed by atoms with E-state index in [4.69, 9.17) is 4.52 Å². The average molecular weight is 367 g/mol. The summed E-state index contributed by atoms with van der Waals surface area (Å²) in [5.41, 5.74) is 0.905. The number of carbonyl (C=O) groups excluding carboxylic acids is 1. The van der Waals surface area contributed by atoms with Crippen molar-refractivity contribution in [2.24, 2.45) is 7.05 Å². The standard InChI is InChI=1S/C19H21N5O3/c1-13-11-16(21-27-13)18(25)23-10-6-7-14(12-23)17-20-22(2)19(26)24(17)15-8-4-3-5-9-15/h3-5,8-9,11,14H,6-7,10,12H2,1-2H3/t14-/m1/s1. The zero-order valence-corrected chi connectivity index (χ0v) is 15.3. The molecule has 27 heavy (non-hydrogen) atoms. The minimum absolute atomic E-state index is 0.0233. The topological polar surface area (TPSA) is 86.2 Å². The summed E-state index contributed by atoms with van der Waals surface area (Å²) >= 11 is 0. The van der Waals surface area contributed by atoms with Gasteiger partial charge in [0.2, 0.25) is 0 Å². The molecule has 2 aromatic heterocycles. The van der Waals surface area contributed by atoms with Gasteiger partial charge in [-0.1, -0.05) is 23.4 Å². The second kappa shape index (κ2) is 6.86. The molecule has 1 atom stereocenters. The molecule has 0 bridgehead atoms. The zero-order valence-electron chi connectivity index (χ0n) is 15.3. The third kappa shape index (κ3) is 3.18. The molecule has 0 aliphatic carbocycles. The molecule has 1 fully saturated rings. The Morgan fingerprint density at radius 1 is 1.26 bits per heavy atom. The Morgan fingerprint density at radius 3 is 2.74 bits per heavy atom. The third-order valence-corrected chi connectivity index (χ3v) is 4.88. The first-order valence-electron chi connectivity index (χ1n) is 8.98. The molecule has 1 aliphatic heterocycles. The van der Waals surface area contributed by atoms with Gasteiger partial charge in [0.15, 0.2) is 5.69 Å². The van der Waals surface area contributed by atoms with Crippen LogP contribution in [0.15, 0.2) is 45.7 Å². The summed E-state index contributed by atoms with van der Waals surface area (Å²) in [7, 11) is 1.65. The van der Waals surface area contributed by atoms with Crippen LogP contribution in [0.4, 0.5) is 0 Å². The molecule has 1 aromatic carbocycles. The Kier molecular flexibility index (Phi) is 4.39. The van der Waals surface area contributed by atoms with Crippen molar-refractivity contribution in [3.8, 4) is 5.69 Å². The van der Waals surface area contributed by atoms with E-state index in [9.17, 15) is 9.59 Å². The minimum atomic E-state index is -0.188. The number of aryl methyl sites for hydroxylation is 2. The summed E-state index contributed by atoms with van der Waals surface area (Å²) in [6.45, 7) is 2.91. The fourth-order valence-corrected chi connectivity index (χ4v) is 3.57. The molecular formula is C19H21N5O3. The molecule has 0 saturated carbocycles. The summed E-state index contributed by atoms with van der Waals surface area (Å²) in [6, 6.07) is 11.1. The number of hydrogen-bond donors (Lipinski definition) is 0. The van der Waals surface area contributed by atoms with Crippen molar-refractivity contribution in [3.05, 3.63) is 64.2 Å². The number of piperidine rings is 1. The van der Waals surface area contributed by atoms with Gasteiger partial charge in [-0.25, -0.2) is 14.0 Å². The molecule has 1 amide bonds. The van der Waals surface area contributed by atoms with E-state index in [0.29, 0.717) is 30.4 Å². The number of nitrogens with zero attached hydrogens (tertiary/aromatic N) is 5. The second-order valence-electron chi connectivity index (χ2n) is 6.85. The number of benzene rings is 1. The van der Waals surface area contributed by atoms with Gasteiger partial charge in [0.25, 0.3) is 5.91 Å². The highest BCUT2D eigenvalue weighted by Gasteiger charge is 2.31. The van der Waals surface area contributed by atoms with Gasteiger partial charge in [0.05, 0.1) is 5.69 Å². The fourth-order valence-electron chi connectivity index (χ4n) is 3.57. The summed E-state index contributed by atoms with van der Waals surface area (Å²) in [4.78, 5) is 27.1. The molecule has 0 spiro atoms. The van der Waals surface area contributed by atoms with Crippen molar-refractivity contribution in [1.29, 1.82) is 0 Å². The van der Waals surface area contributed by atoms with Crippen molar-refractivity contribution in [3.63, 3.8) is 0 Å². The third-order valence-electron chi connectivity index (χ3n) is 4.88. The highest BCUT2D eigenvalue weighted by molar-refractivity contribution is 5.92. The first-order chi connectivity index (χ1) is 13.0. The maximum absolute atomic E-state index is 12.7. The molecule has 8 nitrogen and oxygen atoms in total. The lowest BCUT2D eigenvalue weighted by molar-refractivity contribution is 0.0693. The van der Waals surface area contributed by atoms with Crippen LogP contribution in [0.5, 0.6) is 0 Å². The lowest BCUT2D eigenvalue weighted by atomic mass is 9.96. The smallest absolute Gasteiger partial charge is 0.350 e. The zero-order chi connectivity index (χ0) is 19.0. The van der Waals surface area contributed by atoms with Gasteiger partial charge < -0.3 is 9.42 Å². The van der Waals surface area contributed by atoms with Crippen LogP contribution in [-0.4, -0.2) is 43.4 Å². The van der Waals surface area contributed by atoms with Crippen molar-refractivity contribution in [2.45, 2.75) is 25.7 Å². The highest BCUT2D eigenvalue weighted by atomic mass is 16.5. The van der Waals surface area contributed by atoms with E-state index in [1.54, 1.807) is 29.5 Å². The quantitative estimate of drug-likeness (QED) is 0.706. The van der Waals surface area contributed by atoms with Gasteiger partial charge in [-0.2, -0.15) is 5.10 Å². The number of likely N-dealkylation sites (tertiary alicyclic amines) is 1. The van der Waals surface area contributed by atoms with Crippen LogP contribution in [0.2, 0.25) is 0 Å². The van der Waals surface area contributed by atoms with E-state index in [1.165, 1.54) is 4.68 Å². The van der Waals surface area contributed by atoms with Crippen LogP contribution < -0.4 is 5.69 Å². The molecule has 140 valence electrons.